The molecule has 1 aromatic carbocycles. The van der Waals surface area contributed by atoms with Gasteiger partial charge in [-0.05, 0) is 6.92 Å². The van der Waals surface area contributed by atoms with Crippen LogP contribution in [0, 0.1) is 5.41 Å². The molecule has 0 bridgehead atoms. The fourth-order valence-electron chi connectivity index (χ4n) is 1.70. The van der Waals surface area contributed by atoms with Gasteiger partial charge < -0.3 is 9.84 Å². The molecule has 4 nitrogen and oxygen atoms in total. The van der Waals surface area contributed by atoms with E-state index in [1.807, 2.05) is 0 Å². The molecule has 0 fully saturated rings. The monoisotopic (exact) mass is 217 g/mol. The molecule has 0 saturated heterocycles. The van der Waals surface area contributed by atoms with E-state index in [1.165, 1.54) is 0 Å². The minimum Gasteiger partial charge on any atom is -0.506 e. The van der Waals surface area contributed by atoms with Crippen LogP contribution in [0.4, 0.5) is 0 Å². The Labute approximate surface area is 92.7 Å². The Hall–Kier alpha value is -2.10. The Morgan fingerprint density at radius 3 is 2.56 bits per heavy atom. The lowest BCUT2D eigenvalue weighted by molar-refractivity contribution is -0.137. The van der Waals surface area contributed by atoms with Crippen molar-refractivity contribution in [2.24, 2.45) is 0 Å². The van der Waals surface area contributed by atoms with Gasteiger partial charge in [-0.25, -0.2) is 4.79 Å². The Morgan fingerprint density at radius 2 is 2.00 bits per heavy atom. The van der Waals surface area contributed by atoms with Gasteiger partial charge in [0.15, 0.2) is 0 Å². The molecule has 1 aliphatic rings. The summed E-state index contributed by atoms with van der Waals surface area (Å²) in [6.07, 6.45) is 0. The zero-order valence-corrected chi connectivity index (χ0v) is 8.78. The van der Waals surface area contributed by atoms with E-state index in [1.54, 1.807) is 31.2 Å². The molecule has 0 saturated carbocycles. The smallest absolute Gasteiger partial charge is 0.344 e. The number of carbonyl (C=O) groups is 1. The predicted octanol–water partition coefficient (Wildman–Crippen LogP) is 1.90. The van der Waals surface area contributed by atoms with E-state index in [4.69, 9.17) is 10.1 Å². The largest absolute Gasteiger partial charge is 0.506 e. The number of ether oxygens (including phenoxy) is 1. The van der Waals surface area contributed by atoms with Crippen molar-refractivity contribution in [1.29, 1.82) is 5.41 Å². The maximum Gasteiger partial charge on any atom is 0.344 e. The number of hydrogen-bond donors (Lipinski definition) is 2. The average molecular weight is 217 g/mol. The van der Waals surface area contributed by atoms with Gasteiger partial charge in [-0.3, -0.25) is 5.41 Å². The molecule has 4 heteroatoms. The molecule has 0 unspecified atom stereocenters. The molecule has 1 aliphatic carbocycles. The van der Waals surface area contributed by atoms with E-state index in [2.05, 4.69) is 0 Å². The normalized spacial score (nSPS) is 13.9. The number of hydrogen-bond acceptors (Lipinski definition) is 4. The third kappa shape index (κ3) is 1.39. The number of aliphatic hydroxyl groups is 1. The molecule has 2 rings (SSSR count). The summed E-state index contributed by atoms with van der Waals surface area (Å²) in [5.74, 6) is -0.819. The lowest BCUT2D eigenvalue weighted by Gasteiger charge is -2.02. The van der Waals surface area contributed by atoms with E-state index in [-0.39, 0.29) is 23.7 Å². The fraction of sp³-hybridized carbons (Fsp3) is 0.167. The third-order valence-corrected chi connectivity index (χ3v) is 2.42. The number of aliphatic hydroxyl groups excluding tert-OH is 1. The second-order valence-corrected chi connectivity index (χ2v) is 3.36. The quantitative estimate of drug-likeness (QED) is 0.743. The first kappa shape index (κ1) is 10.4. The van der Waals surface area contributed by atoms with Crippen LogP contribution in [-0.2, 0) is 9.53 Å². The van der Waals surface area contributed by atoms with Gasteiger partial charge in [0, 0.05) is 11.1 Å². The maximum absolute atomic E-state index is 11.6. The first-order valence-corrected chi connectivity index (χ1v) is 4.95. The van der Waals surface area contributed by atoms with Gasteiger partial charge in [-0.15, -0.1) is 0 Å². The van der Waals surface area contributed by atoms with Crippen LogP contribution in [0.25, 0.3) is 5.76 Å². The molecule has 16 heavy (non-hydrogen) atoms. The van der Waals surface area contributed by atoms with Crippen LogP contribution < -0.4 is 0 Å². The van der Waals surface area contributed by atoms with E-state index < -0.39 is 5.97 Å². The van der Waals surface area contributed by atoms with Crippen molar-refractivity contribution in [2.45, 2.75) is 6.92 Å². The predicted molar refractivity (Wildman–Crippen MR) is 59.5 cm³/mol. The third-order valence-electron chi connectivity index (χ3n) is 2.42. The highest BCUT2D eigenvalue weighted by atomic mass is 16.5. The highest BCUT2D eigenvalue weighted by Gasteiger charge is 2.31. The van der Waals surface area contributed by atoms with Crippen LogP contribution in [-0.4, -0.2) is 23.4 Å². The molecule has 0 spiro atoms. The molecule has 0 amide bonds. The summed E-state index contributed by atoms with van der Waals surface area (Å²) in [5.41, 5.74) is 1.04. The second-order valence-electron chi connectivity index (χ2n) is 3.36. The van der Waals surface area contributed by atoms with Gasteiger partial charge in [0.05, 0.1) is 12.3 Å². The SMILES string of the molecule is CCOC(=O)C1=C(O)c2ccccc2C1=N. The van der Waals surface area contributed by atoms with Crippen molar-refractivity contribution < 1.29 is 14.6 Å². The highest BCUT2D eigenvalue weighted by Crippen LogP contribution is 2.31. The Kier molecular flexibility index (Phi) is 2.48. The Morgan fingerprint density at radius 1 is 1.38 bits per heavy atom. The zero-order chi connectivity index (χ0) is 11.7. The molecule has 0 heterocycles. The number of rotatable bonds is 2. The van der Waals surface area contributed by atoms with E-state index in [0.29, 0.717) is 11.1 Å². The van der Waals surface area contributed by atoms with Crippen LogP contribution in [0.15, 0.2) is 29.8 Å². The Bertz CT molecular complexity index is 503. The number of nitrogens with one attached hydrogen (secondary N) is 1. The van der Waals surface area contributed by atoms with E-state index in [9.17, 15) is 9.90 Å². The summed E-state index contributed by atoms with van der Waals surface area (Å²) in [7, 11) is 0. The Balaban J connectivity index is 2.48. The zero-order valence-electron chi connectivity index (χ0n) is 8.78. The summed E-state index contributed by atoms with van der Waals surface area (Å²) in [6, 6.07) is 6.87. The number of esters is 1. The summed E-state index contributed by atoms with van der Waals surface area (Å²) in [4.78, 5) is 11.6. The van der Waals surface area contributed by atoms with Crippen LogP contribution in [0.5, 0.6) is 0 Å². The van der Waals surface area contributed by atoms with Crippen molar-refractivity contribution in [1.82, 2.24) is 0 Å². The van der Waals surface area contributed by atoms with Gasteiger partial charge in [-0.2, -0.15) is 0 Å². The molecule has 0 aliphatic heterocycles. The summed E-state index contributed by atoms with van der Waals surface area (Å²) < 4.78 is 4.80. The summed E-state index contributed by atoms with van der Waals surface area (Å²) in [5, 5.41) is 17.7. The van der Waals surface area contributed by atoms with Crippen molar-refractivity contribution in [3.63, 3.8) is 0 Å². The number of benzene rings is 1. The minimum atomic E-state index is -0.652. The standard InChI is InChI=1S/C12H11NO3/c1-2-16-12(15)9-10(13)7-5-3-4-6-8(7)11(9)14/h3-6,13-14H,2H2,1H3. The molecule has 1 aromatic rings. The minimum absolute atomic E-state index is 0.0200. The number of fused-ring (bicyclic) bond motifs is 1. The molecule has 0 radical (unpaired) electrons. The maximum atomic E-state index is 11.6. The van der Waals surface area contributed by atoms with Crippen molar-refractivity contribution in [3.8, 4) is 0 Å². The molecular weight excluding hydrogens is 206 g/mol. The molecule has 82 valence electrons. The van der Waals surface area contributed by atoms with Crippen molar-refractivity contribution >= 4 is 17.4 Å². The topological polar surface area (TPSA) is 70.4 Å². The van der Waals surface area contributed by atoms with Crippen molar-refractivity contribution in [3.05, 3.63) is 41.0 Å². The van der Waals surface area contributed by atoms with Crippen molar-refractivity contribution in [2.75, 3.05) is 6.61 Å². The van der Waals surface area contributed by atoms with Gasteiger partial charge in [0.2, 0.25) is 0 Å². The number of carbonyl (C=O) groups excluding carboxylic acids is 1. The van der Waals surface area contributed by atoms with Gasteiger partial charge >= 0.3 is 5.97 Å². The van der Waals surface area contributed by atoms with Crippen LogP contribution >= 0.6 is 0 Å². The van der Waals surface area contributed by atoms with E-state index in [0.717, 1.165) is 0 Å². The second kappa shape index (κ2) is 3.81. The summed E-state index contributed by atoms with van der Waals surface area (Å²) >= 11 is 0. The van der Waals surface area contributed by atoms with Crippen LogP contribution in [0.3, 0.4) is 0 Å². The molecule has 0 atom stereocenters. The van der Waals surface area contributed by atoms with Gasteiger partial charge in [-0.1, -0.05) is 24.3 Å². The first-order valence-electron chi connectivity index (χ1n) is 4.95. The fourth-order valence-corrected chi connectivity index (χ4v) is 1.70. The molecule has 0 aromatic heterocycles. The lowest BCUT2D eigenvalue weighted by Crippen LogP contribution is -2.13. The molecule has 2 N–H and O–H groups in total. The van der Waals surface area contributed by atoms with E-state index >= 15 is 0 Å². The lowest BCUT2D eigenvalue weighted by atomic mass is 10.1. The first-order chi connectivity index (χ1) is 7.66. The van der Waals surface area contributed by atoms with Crippen LogP contribution in [0.1, 0.15) is 18.1 Å². The molecular formula is C12H11NO3. The van der Waals surface area contributed by atoms with Gasteiger partial charge in [0.1, 0.15) is 11.3 Å². The highest BCUT2D eigenvalue weighted by molar-refractivity contribution is 6.33. The average Bonchev–Trinajstić information content (AvgIpc) is 2.53. The van der Waals surface area contributed by atoms with Gasteiger partial charge in [0.25, 0.3) is 0 Å². The summed E-state index contributed by atoms with van der Waals surface area (Å²) in [6.45, 7) is 1.90. The van der Waals surface area contributed by atoms with Crippen LogP contribution in [0.2, 0.25) is 0 Å².